The first-order valence-corrected chi connectivity index (χ1v) is 9.86. The van der Waals surface area contributed by atoms with Crippen LogP contribution >= 0.6 is 0 Å². The van der Waals surface area contributed by atoms with Gasteiger partial charge in [-0.2, -0.15) is 0 Å². The molecular formula is C21H34N2O4. The number of ether oxygens (including phenoxy) is 2. The number of esters is 1. The van der Waals surface area contributed by atoms with Crippen molar-refractivity contribution < 1.29 is 19.1 Å². The Morgan fingerprint density at radius 2 is 1.63 bits per heavy atom. The Kier molecular flexibility index (Phi) is 8.60. The van der Waals surface area contributed by atoms with E-state index in [-0.39, 0.29) is 12.1 Å². The Morgan fingerprint density at radius 3 is 2.19 bits per heavy atom. The second kappa shape index (κ2) is 10.2. The van der Waals surface area contributed by atoms with E-state index in [4.69, 9.17) is 9.47 Å². The molecule has 0 bridgehead atoms. The quantitative estimate of drug-likeness (QED) is 0.675. The first-order valence-electron chi connectivity index (χ1n) is 9.86. The summed E-state index contributed by atoms with van der Waals surface area (Å²) in [5, 5.41) is 0. The second-order valence-corrected chi connectivity index (χ2v) is 6.87. The van der Waals surface area contributed by atoms with Crippen LogP contribution in [0.25, 0.3) is 0 Å². The molecule has 6 nitrogen and oxygen atoms in total. The summed E-state index contributed by atoms with van der Waals surface area (Å²) in [6, 6.07) is 5.76. The van der Waals surface area contributed by atoms with Crippen molar-refractivity contribution in [3.63, 3.8) is 0 Å². The highest BCUT2D eigenvalue weighted by molar-refractivity contribution is 5.93. The van der Waals surface area contributed by atoms with Crippen LogP contribution in [-0.2, 0) is 16.1 Å². The van der Waals surface area contributed by atoms with E-state index in [0.29, 0.717) is 25.3 Å². The fourth-order valence-corrected chi connectivity index (χ4v) is 2.79. The minimum Gasteiger partial charge on any atom is -0.457 e. The van der Waals surface area contributed by atoms with Crippen molar-refractivity contribution in [1.82, 2.24) is 4.90 Å². The molecule has 0 N–H and O–H groups in total. The minimum atomic E-state index is -0.471. The van der Waals surface area contributed by atoms with Gasteiger partial charge < -0.3 is 19.3 Å². The largest absolute Gasteiger partial charge is 0.457 e. The van der Waals surface area contributed by atoms with Gasteiger partial charge in [0.1, 0.15) is 12.2 Å². The van der Waals surface area contributed by atoms with Gasteiger partial charge in [0, 0.05) is 37.4 Å². The molecule has 2 aliphatic rings. The summed E-state index contributed by atoms with van der Waals surface area (Å²) in [7, 11) is 0. The van der Waals surface area contributed by atoms with Crippen molar-refractivity contribution in [3.8, 4) is 0 Å². The summed E-state index contributed by atoms with van der Waals surface area (Å²) in [5.74, 6) is -0.249. The van der Waals surface area contributed by atoms with E-state index < -0.39 is 5.60 Å². The molecule has 0 radical (unpaired) electrons. The number of fused-ring (bicyclic) bond motifs is 1. The Hall–Kier alpha value is -2.24. The van der Waals surface area contributed by atoms with Crippen molar-refractivity contribution >= 4 is 17.7 Å². The summed E-state index contributed by atoms with van der Waals surface area (Å²) < 4.78 is 10.4. The standard InChI is InChI=1S/C17H22N2O4.2C2H6/c1-17(2,3)23-16(21)19-8-6-18(7-9-19)13-4-5-14-12(10-13)11-22-15(14)20;2*1-2/h4-5,10H,6-9,11H2,1-3H3;2*1-2H3. The molecule has 1 aromatic rings. The maximum Gasteiger partial charge on any atom is 0.410 e. The second-order valence-electron chi connectivity index (χ2n) is 6.87. The lowest BCUT2D eigenvalue weighted by Crippen LogP contribution is -2.50. The minimum absolute atomic E-state index is 0.249. The molecule has 2 aliphatic heterocycles. The van der Waals surface area contributed by atoms with E-state index in [1.165, 1.54) is 0 Å². The van der Waals surface area contributed by atoms with Gasteiger partial charge in [-0.1, -0.05) is 27.7 Å². The summed E-state index contributed by atoms with van der Waals surface area (Å²) in [4.78, 5) is 27.5. The van der Waals surface area contributed by atoms with Crippen molar-refractivity contribution in [2.24, 2.45) is 0 Å². The number of nitrogens with zero attached hydrogens (tertiary/aromatic N) is 2. The number of carbonyl (C=O) groups excluding carboxylic acids is 2. The molecule has 1 aromatic carbocycles. The Balaban J connectivity index is 0.000000855. The van der Waals surface area contributed by atoms with Crippen LogP contribution in [0.2, 0.25) is 0 Å². The zero-order valence-corrected chi connectivity index (χ0v) is 17.8. The third-order valence-electron chi connectivity index (χ3n) is 3.96. The molecule has 152 valence electrons. The fourth-order valence-electron chi connectivity index (χ4n) is 2.79. The van der Waals surface area contributed by atoms with Crippen LogP contribution in [-0.4, -0.2) is 48.7 Å². The van der Waals surface area contributed by atoms with Gasteiger partial charge in [0.15, 0.2) is 0 Å². The third kappa shape index (κ3) is 6.15. The van der Waals surface area contributed by atoms with Crippen LogP contribution < -0.4 is 4.90 Å². The van der Waals surface area contributed by atoms with E-state index in [9.17, 15) is 9.59 Å². The normalized spacial score (nSPS) is 15.6. The molecule has 1 amide bonds. The topological polar surface area (TPSA) is 59.1 Å². The van der Waals surface area contributed by atoms with Gasteiger partial charge >= 0.3 is 12.1 Å². The molecule has 3 rings (SSSR count). The zero-order valence-electron chi connectivity index (χ0n) is 17.8. The highest BCUT2D eigenvalue weighted by atomic mass is 16.6. The summed E-state index contributed by atoms with van der Waals surface area (Å²) in [5.41, 5.74) is 2.18. The Morgan fingerprint density at radius 1 is 1.04 bits per heavy atom. The molecule has 1 fully saturated rings. The molecule has 27 heavy (non-hydrogen) atoms. The predicted molar refractivity (Wildman–Crippen MR) is 108 cm³/mol. The third-order valence-corrected chi connectivity index (χ3v) is 3.96. The molecule has 2 heterocycles. The van der Waals surface area contributed by atoms with Gasteiger partial charge in [-0.3, -0.25) is 0 Å². The van der Waals surface area contributed by atoms with E-state index in [1.807, 2.05) is 66.7 Å². The van der Waals surface area contributed by atoms with Crippen molar-refractivity contribution in [2.45, 2.75) is 60.7 Å². The van der Waals surface area contributed by atoms with E-state index in [0.717, 1.165) is 24.3 Å². The van der Waals surface area contributed by atoms with Crippen LogP contribution in [0.3, 0.4) is 0 Å². The Labute approximate surface area is 163 Å². The molecule has 1 saturated heterocycles. The molecule has 0 spiro atoms. The number of carbonyl (C=O) groups is 2. The molecule has 0 saturated carbocycles. The monoisotopic (exact) mass is 378 g/mol. The number of cyclic esters (lactones) is 1. The molecule has 6 heteroatoms. The van der Waals surface area contributed by atoms with E-state index >= 15 is 0 Å². The lowest BCUT2D eigenvalue weighted by molar-refractivity contribution is 0.0240. The summed E-state index contributed by atoms with van der Waals surface area (Å²) in [6.45, 7) is 16.7. The fraction of sp³-hybridized carbons (Fsp3) is 0.619. The first kappa shape index (κ1) is 22.8. The van der Waals surface area contributed by atoms with E-state index in [2.05, 4.69) is 4.90 Å². The molecule has 0 aliphatic carbocycles. The van der Waals surface area contributed by atoms with Gasteiger partial charge in [-0.25, -0.2) is 9.59 Å². The first-order chi connectivity index (χ1) is 12.8. The number of benzene rings is 1. The SMILES string of the molecule is CC.CC.CC(C)(C)OC(=O)N1CCN(c2ccc3c(c2)COC3=O)CC1. The Bertz CT molecular complexity index is 630. The molecule has 0 atom stereocenters. The van der Waals surface area contributed by atoms with Crippen LogP contribution in [0.15, 0.2) is 18.2 Å². The van der Waals surface area contributed by atoms with Gasteiger partial charge in [-0.15, -0.1) is 0 Å². The van der Waals surface area contributed by atoms with Crippen LogP contribution in [0, 0.1) is 0 Å². The number of hydrogen-bond donors (Lipinski definition) is 0. The van der Waals surface area contributed by atoms with Crippen molar-refractivity contribution in [1.29, 1.82) is 0 Å². The predicted octanol–water partition coefficient (Wildman–Crippen LogP) is 4.47. The van der Waals surface area contributed by atoms with Gasteiger partial charge in [0.25, 0.3) is 0 Å². The number of amides is 1. The molecule has 0 unspecified atom stereocenters. The van der Waals surface area contributed by atoms with Gasteiger partial charge in [0.2, 0.25) is 0 Å². The maximum atomic E-state index is 12.1. The molecule has 0 aromatic heterocycles. The van der Waals surface area contributed by atoms with Crippen molar-refractivity contribution in [3.05, 3.63) is 29.3 Å². The van der Waals surface area contributed by atoms with E-state index in [1.54, 1.807) is 4.90 Å². The highest BCUT2D eigenvalue weighted by Gasteiger charge is 2.27. The number of hydrogen-bond acceptors (Lipinski definition) is 5. The average molecular weight is 379 g/mol. The smallest absolute Gasteiger partial charge is 0.410 e. The summed E-state index contributed by atoms with van der Waals surface area (Å²) >= 11 is 0. The van der Waals surface area contributed by atoms with Crippen LogP contribution in [0.5, 0.6) is 0 Å². The number of rotatable bonds is 1. The number of piperazine rings is 1. The zero-order chi connectivity index (χ0) is 20.6. The van der Waals surface area contributed by atoms with Crippen LogP contribution in [0.1, 0.15) is 64.4 Å². The average Bonchev–Trinajstić information content (AvgIpc) is 3.04. The van der Waals surface area contributed by atoms with Gasteiger partial charge in [-0.05, 0) is 39.0 Å². The molecular weight excluding hydrogens is 344 g/mol. The van der Waals surface area contributed by atoms with Crippen molar-refractivity contribution in [2.75, 3.05) is 31.1 Å². The number of anilines is 1. The lowest BCUT2D eigenvalue weighted by atomic mass is 10.1. The van der Waals surface area contributed by atoms with Crippen LogP contribution in [0.4, 0.5) is 10.5 Å². The highest BCUT2D eigenvalue weighted by Crippen LogP contribution is 2.26. The van der Waals surface area contributed by atoms with Gasteiger partial charge in [0.05, 0.1) is 5.56 Å². The summed E-state index contributed by atoms with van der Waals surface area (Å²) in [6.07, 6.45) is -0.259. The maximum absolute atomic E-state index is 12.1. The lowest BCUT2D eigenvalue weighted by Gasteiger charge is -2.36.